The fourth-order valence-electron chi connectivity index (χ4n) is 2.32. The zero-order valence-corrected chi connectivity index (χ0v) is 10.2. The van der Waals surface area contributed by atoms with Gasteiger partial charge in [-0.05, 0) is 37.7 Å². The number of aliphatic hydroxyl groups is 1. The average Bonchev–Trinajstić information content (AvgIpc) is 2.34. The number of para-hydroxylation sites is 1. The molecule has 0 spiro atoms. The van der Waals surface area contributed by atoms with Crippen molar-refractivity contribution in [2.75, 3.05) is 0 Å². The van der Waals surface area contributed by atoms with Gasteiger partial charge in [-0.25, -0.2) is 4.39 Å². The summed E-state index contributed by atoms with van der Waals surface area (Å²) in [6.07, 6.45) is 4.30. The summed E-state index contributed by atoms with van der Waals surface area (Å²) >= 11 is 0. The predicted octanol–water partition coefficient (Wildman–Crippen LogP) is 3.28. The first-order valence-electron chi connectivity index (χ1n) is 6.25. The first kappa shape index (κ1) is 12.4. The van der Waals surface area contributed by atoms with Crippen molar-refractivity contribution in [2.45, 2.75) is 45.3 Å². The van der Waals surface area contributed by atoms with Crippen molar-refractivity contribution in [1.82, 2.24) is 0 Å². The quantitative estimate of drug-likeness (QED) is 0.875. The third kappa shape index (κ3) is 2.97. The van der Waals surface area contributed by atoms with E-state index in [0.717, 1.165) is 31.6 Å². The van der Waals surface area contributed by atoms with Gasteiger partial charge in [0.05, 0.1) is 12.7 Å². The maximum Gasteiger partial charge on any atom is 0.165 e. The predicted molar refractivity (Wildman–Crippen MR) is 64.4 cm³/mol. The van der Waals surface area contributed by atoms with Crippen LogP contribution in [0.3, 0.4) is 0 Å². The molecule has 0 aromatic heterocycles. The zero-order valence-electron chi connectivity index (χ0n) is 10.2. The van der Waals surface area contributed by atoms with Crippen LogP contribution in [-0.4, -0.2) is 11.2 Å². The van der Waals surface area contributed by atoms with Crippen molar-refractivity contribution >= 4 is 0 Å². The van der Waals surface area contributed by atoms with E-state index < -0.39 is 0 Å². The number of ether oxygens (including phenoxy) is 1. The summed E-state index contributed by atoms with van der Waals surface area (Å²) in [5.74, 6) is 0.595. The Morgan fingerprint density at radius 1 is 1.29 bits per heavy atom. The normalized spacial score (nSPS) is 24.6. The summed E-state index contributed by atoms with van der Waals surface area (Å²) < 4.78 is 19.4. The Kier molecular flexibility index (Phi) is 4.00. The van der Waals surface area contributed by atoms with Crippen molar-refractivity contribution in [3.8, 4) is 5.75 Å². The van der Waals surface area contributed by atoms with E-state index in [4.69, 9.17) is 9.84 Å². The fraction of sp³-hybridized carbons (Fsp3) is 0.571. The zero-order chi connectivity index (χ0) is 12.3. The number of hydrogen-bond acceptors (Lipinski definition) is 2. The summed E-state index contributed by atoms with van der Waals surface area (Å²) in [6.45, 7) is 2.05. The van der Waals surface area contributed by atoms with E-state index in [0.29, 0.717) is 5.56 Å². The van der Waals surface area contributed by atoms with Gasteiger partial charge in [0.25, 0.3) is 0 Å². The molecule has 0 atom stereocenters. The van der Waals surface area contributed by atoms with Gasteiger partial charge in [-0.2, -0.15) is 0 Å². The molecule has 0 heterocycles. The minimum atomic E-state index is -0.379. The van der Waals surface area contributed by atoms with Gasteiger partial charge >= 0.3 is 0 Å². The van der Waals surface area contributed by atoms with Gasteiger partial charge < -0.3 is 9.84 Å². The van der Waals surface area contributed by atoms with Gasteiger partial charge in [0.15, 0.2) is 11.6 Å². The van der Waals surface area contributed by atoms with Gasteiger partial charge in [-0.1, -0.05) is 19.1 Å². The molecule has 1 aliphatic rings. The average molecular weight is 238 g/mol. The number of rotatable bonds is 3. The first-order chi connectivity index (χ1) is 8.20. The molecule has 0 unspecified atom stereocenters. The molecule has 1 saturated carbocycles. The molecular formula is C14H19FO2. The second kappa shape index (κ2) is 5.50. The number of hydrogen-bond donors (Lipinski definition) is 1. The molecular weight excluding hydrogens is 219 g/mol. The molecule has 1 aromatic carbocycles. The van der Waals surface area contributed by atoms with Crippen molar-refractivity contribution < 1.29 is 14.2 Å². The highest BCUT2D eigenvalue weighted by Gasteiger charge is 2.21. The van der Waals surface area contributed by atoms with Crippen LogP contribution in [0.5, 0.6) is 5.75 Å². The Hall–Kier alpha value is -1.09. The second-order valence-electron chi connectivity index (χ2n) is 4.89. The number of halogens is 1. The maximum absolute atomic E-state index is 13.6. The molecule has 2 nitrogen and oxygen atoms in total. The molecule has 3 heteroatoms. The molecule has 0 bridgehead atoms. The fourth-order valence-corrected chi connectivity index (χ4v) is 2.32. The van der Waals surface area contributed by atoms with Crippen LogP contribution >= 0.6 is 0 Å². The minimum Gasteiger partial charge on any atom is -0.487 e. The smallest absolute Gasteiger partial charge is 0.165 e. The summed E-state index contributed by atoms with van der Waals surface area (Å²) in [7, 11) is 0. The third-order valence-electron chi connectivity index (χ3n) is 3.47. The lowest BCUT2D eigenvalue weighted by atomic mass is 9.89. The van der Waals surface area contributed by atoms with Crippen LogP contribution in [-0.2, 0) is 6.61 Å². The van der Waals surface area contributed by atoms with Crippen LogP contribution in [0.25, 0.3) is 0 Å². The number of benzene rings is 1. The Balaban J connectivity index is 2.07. The second-order valence-corrected chi connectivity index (χ2v) is 4.89. The Bertz CT molecular complexity index is 370. The van der Waals surface area contributed by atoms with Crippen LogP contribution in [0.4, 0.5) is 4.39 Å². The molecule has 0 amide bonds. The van der Waals surface area contributed by atoms with Crippen LogP contribution < -0.4 is 4.74 Å². The maximum atomic E-state index is 13.6. The van der Waals surface area contributed by atoms with Crippen molar-refractivity contribution in [3.05, 3.63) is 29.6 Å². The molecule has 1 fully saturated rings. The van der Waals surface area contributed by atoms with E-state index in [1.54, 1.807) is 12.1 Å². The SMILES string of the molecule is CC1CCC(Oc2c(F)cccc2CO)CC1. The van der Waals surface area contributed by atoms with Gasteiger partial charge in [-0.3, -0.25) is 0 Å². The van der Waals surface area contributed by atoms with Crippen LogP contribution in [0.2, 0.25) is 0 Å². The Morgan fingerprint density at radius 3 is 2.65 bits per heavy atom. The van der Waals surface area contributed by atoms with E-state index in [-0.39, 0.29) is 24.3 Å². The molecule has 1 aromatic rings. The largest absolute Gasteiger partial charge is 0.487 e. The van der Waals surface area contributed by atoms with Gasteiger partial charge in [0.2, 0.25) is 0 Å². The molecule has 0 aliphatic heterocycles. The van der Waals surface area contributed by atoms with Crippen LogP contribution in [0.1, 0.15) is 38.2 Å². The van der Waals surface area contributed by atoms with E-state index in [2.05, 4.69) is 6.92 Å². The monoisotopic (exact) mass is 238 g/mol. The standard InChI is InChI=1S/C14H19FO2/c1-10-5-7-12(8-6-10)17-14-11(9-16)3-2-4-13(14)15/h2-4,10,12,16H,5-9H2,1H3. The van der Waals surface area contributed by atoms with Gasteiger partial charge in [0, 0.05) is 5.56 Å². The molecule has 1 aliphatic carbocycles. The van der Waals surface area contributed by atoms with Crippen molar-refractivity contribution in [2.24, 2.45) is 5.92 Å². The third-order valence-corrected chi connectivity index (χ3v) is 3.47. The molecule has 0 radical (unpaired) electrons. The summed E-state index contributed by atoms with van der Waals surface area (Å²) in [5.41, 5.74) is 0.531. The lowest BCUT2D eigenvalue weighted by Gasteiger charge is -2.27. The van der Waals surface area contributed by atoms with Gasteiger partial charge in [-0.15, -0.1) is 0 Å². The molecule has 0 saturated heterocycles. The molecule has 1 N–H and O–H groups in total. The summed E-state index contributed by atoms with van der Waals surface area (Å²) in [6, 6.07) is 4.67. The van der Waals surface area contributed by atoms with Crippen molar-refractivity contribution in [1.29, 1.82) is 0 Å². The highest BCUT2D eigenvalue weighted by molar-refractivity contribution is 5.34. The molecule has 94 valence electrons. The molecule has 17 heavy (non-hydrogen) atoms. The Labute approximate surface area is 101 Å². The summed E-state index contributed by atoms with van der Waals surface area (Å²) in [4.78, 5) is 0. The topological polar surface area (TPSA) is 29.5 Å². The summed E-state index contributed by atoms with van der Waals surface area (Å²) in [5, 5.41) is 9.17. The van der Waals surface area contributed by atoms with Gasteiger partial charge in [0.1, 0.15) is 0 Å². The molecule has 2 rings (SSSR count). The van der Waals surface area contributed by atoms with E-state index in [1.807, 2.05) is 0 Å². The Morgan fingerprint density at radius 2 is 2.00 bits per heavy atom. The minimum absolute atomic E-state index is 0.0911. The highest BCUT2D eigenvalue weighted by Crippen LogP contribution is 2.30. The van der Waals surface area contributed by atoms with E-state index in [9.17, 15) is 4.39 Å². The van der Waals surface area contributed by atoms with Crippen LogP contribution in [0, 0.1) is 11.7 Å². The van der Waals surface area contributed by atoms with E-state index >= 15 is 0 Å². The number of aliphatic hydroxyl groups excluding tert-OH is 1. The first-order valence-corrected chi connectivity index (χ1v) is 6.25. The highest BCUT2D eigenvalue weighted by atomic mass is 19.1. The van der Waals surface area contributed by atoms with Crippen LogP contribution in [0.15, 0.2) is 18.2 Å². The lowest BCUT2D eigenvalue weighted by molar-refractivity contribution is 0.126. The van der Waals surface area contributed by atoms with E-state index in [1.165, 1.54) is 6.07 Å². The lowest BCUT2D eigenvalue weighted by Crippen LogP contribution is -2.24. The van der Waals surface area contributed by atoms with Crippen molar-refractivity contribution in [3.63, 3.8) is 0 Å².